The highest BCUT2D eigenvalue weighted by molar-refractivity contribution is 14.0. The lowest BCUT2D eigenvalue weighted by Gasteiger charge is -2.25. The van der Waals surface area contributed by atoms with Crippen molar-refractivity contribution in [1.82, 2.24) is 20.5 Å². The maximum Gasteiger partial charge on any atom is 0.191 e. The van der Waals surface area contributed by atoms with Crippen LogP contribution in [0.25, 0.3) is 10.9 Å². The van der Waals surface area contributed by atoms with Gasteiger partial charge in [-0.05, 0) is 37.5 Å². The first-order valence-electron chi connectivity index (χ1n) is 9.65. The Morgan fingerprint density at radius 3 is 2.85 bits per heavy atom. The van der Waals surface area contributed by atoms with E-state index in [1.165, 1.54) is 22.0 Å². The number of nitrogens with zero attached hydrogens (tertiary/aromatic N) is 2. The van der Waals surface area contributed by atoms with Crippen molar-refractivity contribution in [2.24, 2.45) is 4.99 Å². The fraction of sp³-hybridized carbons (Fsp3) is 0.550. The third-order valence-electron chi connectivity index (χ3n) is 4.74. The van der Waals surface area contributed by atoms with Crippen LogP contribution in [0.3, 0.4) is 0 Å². The molecule has 0 unspecified atom stereocenters. The lowest BCUT2D eigenvalue weighted by molar-refractivity contribution is 0.0394. The minimum Gasteiger partial charge on any atom is -0.379 e. The molecule has 7 heteroatoms. The molecule has 0 aliphatic carbocycles. The average molecular weight is 485 g/mol. The van der Waals surface area contributed by atoms with Crippen LogP contribution in [0.4, 0.5) is 0 Å². The van der Waals surface area contributed by atoms with Crippen LogP contribution in [0.5, 0.6) is 0 Å². The summed E-state index contributed by atoms with van der Waals surface area (Å²) in [5.41, 5.74) is 3.84. The number of rotatable bonds is 7. The number of aryl methyl sites for hydroxylation is 1. The van der Waals surface area contributed by atoms with Crippen molar-refractivity contribution in [3.8, 4) is 0 Å². The molecule has 150 valence electrons. The van der Waals surface area contributed by atoms with Crippen molar-refractivity contribution in [2.75, 3.05) is 52.5 Å². The number of fused-ring (bicyclic) bond motifs is 1. The first-order valence-corrected chi connectivity index (χ1v) is 9.65. The minimum atomic E-state index is 0. The molecular weight excluding hydrogens is 453 g/mol. The van der Waals surface area contributed by atoms with E-state index in [-0.39, 0.29) is 24.0 Å². The van der Waals surface area contributed by atoms with E-state index in [0.717, 1.165) is 64.9 Å². The van der Waals surface area contributed by atoms with Crippen molar-refractivity contribution in [3.05, 3.63) is 35.5 Å². The van der Waals surface area contributed by atoms with Gasteiger partial charge in [0, 0.05) is 49.8 Å². The number of aromatic amines is 1. The van der Waals surface area contributed by atoms with Crippen LogP contribution in [-0.4, -0.2) is 68.3 Å². The van der Waals surface area contributed by atoms with Gasteiger partial charge in [-0.2, -0.15) is 0 Å². The molecule has 0 spiro atoms. The van der Waals surface area contributed by atoms with Crippen LogP contribution < -0.4 is 10.6 Å². The van der Waals surface area contributed by atoms with Crippen molar-refractivity contribution in [3.63, 3.8) is 0 Å². The quantitative estimate of drug-likeness (QED) is 0.321. The van der Waals surface area contributed by atoms with E-state index < -0.39 is 0 Å². The van der Waals surface area contributed by atoms with Gasteiger partial charge in [0.25, 0.3) is 0 Å². The summed E-state index contributed by atoms with van der Waals surface area (Å²) in [5, 5.41) is 8.10. The van der Waals surface area contributed by atoms with Crippen molar-refractivity contribution < 1.29 is 4.74 Å². The molecule has 1 aromatic carbocycles. The first-order chi connectivity index (χ1) is 12.8. The smallest absolute Gasteiger partial charge is 0.191 e. The van der Waals surface area contributed by atoms with Gasteiger partial charge in [-0.25, -0.2) is 0 Å². The zero-order chi connectivity index (χ0) is 18.2. The highest BCUT2D eigenvalue weighted by atomic mass is 127. The number of nitrogens with one attached hydrogen (secondary N) is 3. The highest BCUT2D eigenvalue weighted by Gasteiger charge is 2.09. The topological polar surface area (TPSA) is 64.7 Å². The number of aliphatic imine (C=N–C) groups is 1. The van der Waals surface area contributed by atoms with E-state index in [9.17, 15) is 0 Å². The second kappa shape index (κ2) is 11.5. The van der Waals surface area contributed by atoms with Crippen LogP contribution in [0.1, 0.15) is 18.1 Å². The van der Waals surface area contributed by atoms with Gasteiger partial charge in [0.1, 0.15) is 0 Å². The zero-order valence-electron chi connectivity index (χ0n) is 16.4. The van der Waals surface area contributed by atoms with Gasteiger partial charge >= 0.3 is 0 Å². The number of hydrogen-bond donors (Lipinski definition) is 3. The second-order valence-corrected chi connectivity index (χ2v) is 6.75. The Kier molecular flexibility index (Phi) is 9.36. The first kappa shape index (κ1) is 22.0. The summed E-state index contributed by atoms with van der Waals surface area (Å²) in [7, 11) is 0. The van der Waals surface area contributed by atoms with E-state index in [1.54, 1.807) is 0 Å². The summed E-state index contributed by atoms with van der Waals surface area (Å²) in [4.78, 5) is 10.5. The average Bonchev–Trinajstić information content (AvgIpc) is 3.04. The number of morpholine rings is 1. The Labute approximate surface area is 179 Å². The van der Waals surface area contributed by atoms with Gasteiger partial charge in [-0.1, -0.05) is 12.1 Å². The SMILES string of the molecule is CCNC(=NCCN1CCOCC1)NCCc1c[nH]c2cc(C)ccc12.I. The molecule has 3 N–H and O–H groups in total. The zero-order valence-corrected chi connectivity index (χ0v) is 18.7. The lowest BCUT2D eigenvalue weighted by Crippen LogP contribution is -2.40. The minimum absolute atomic E-state index is 0. The number of H-pyrrole nitrogens is 1. The number of hydrogen-bond acceptors (Lipinski definition) is 3. The fourth-order valence-corrected chi connectivity index (χ4v) is 3.29. The van der Waals surface area contributed by atoms with Gasteiger partial charge in [0.2, 0.25) is 0 Å². The molecule has 1 saturated heterocycles. The molecule has 1 fully saturated rings. The number of guanidine groups is 1. The molecule has 0 bridgehead atoms. The summed E-state index contributed by atoms with van der Waals surface area (Å²) >= 11 is 0. The summed E-state index contributed by atoms with van der Waals surface area (Å²) in [6.45, 7) is 11.5. The van der Waals surface area contributed by atoms with E-state index >= 15 is 0 Å². The van der Waals surface area contributed by atoms with E-state index in [1.807, 2.05) is 0 Å². The number of ether oxygens (including phenoxy) is 1. The lowest BCUT2D eigenvalue weighted by atomic mass is 10.1. The Morgan fingerprint density at radius 1 is 1.26 bits per heavy atom. The fourth-order valence-electron chi connectivity index (χ4n) is 3.29. The van der Waals surface area contributed by atoms with Crippen LogP contribution in [0, 0.1) is 6.92 Å². The predicted molar refractivity (Wildman–Crippen MR) is 123 cm³/mol. The van der Waals surface area contributed by atoms with Crippen LogP contribution in [-0.2, 0) is 11.2 Å². The van der Waals surface area contributed by atoms with Gasteiger partial charge in [-0.3, -0.25) is 9.89 Å². The molecule has 2 heterocycles. The maximum atomic E-state index is 5.39. The number of halogens is 1. The van der Waals surface area contributed by atoms with Gasteiger partial charge in [0.05, 0.1) is 19.8 Å². The summed E-state index contributed by atoms with van der Waals surface area (Å²) < 4.78 is 5.39. The molecule has 6 nitrogen and oxygen atoms in total. The van der Waals surface area contributed by atoms with Crippen molar-refractivity contribution in [2.45, 2.75) is 20.3 Å². The Balaban J connectivity index is 0.00000261. The number of benzene rings is 1. The van der Waals surface area contributed by atoms with Crippen molar-refractivity contribution in [1.29, 1.82) is 0 Å². The largest absolute Gasteiger partial charge is 0.379 e. The second-order valence-electron chi connectivity index (χ2n) is 6.75. The van der Waals surface area contributed by atoms with Crippen molar-refractivity contribution >= 4 is 40.8 Å². The molecule has 1 aromatic heterocycles. The highest BCUT2D eigenvalue weighted by Crippen LogP contribution is 2.19. The van der Waals surface area contributed by atoms with Crippen LogP contribution in [0.15, 0.2) is 29.4 Å². The standard InChI is InChI=1S/C20H31N5O.HI/c1-3-21-20(23-8-9-25-10-12-26-13-11-25)22-7-6-17-15-24-19-14-16(2)4-5-18(17)19;/h4-5,14-15,24H,3,6-13H2,1-2H3,(H2,21,22,23);1H. The third kappa shape index (κ3) is 6.65. The monoisotopic (exact) mass is 485 g/mol. The van der Waals surface area contributed by atoms with Gasteiger partial charge < -0.3 is 20.4 Å². The van der Waals surface area contributed by atoms with E-state index in [0.29, 0.717) is 0 Å². The molecule has 1 aliphatic rings. The molecule has 2 aromatic rings. The Bertz CT molecular complexity index is 724. The molecule has 3 rings (SSSR count). The summed E-state index contributed by atoms with van der Waals surface area (Å²) in [6.07, 6.45) is 3.09. The van der Waals surface area contributed by atoms with Gasteiger partial charge in [-0.15, -0.1) is 24.0 Å². The van der Waals surface area contributed by atoms with Crippen LogP contribution in [0.2, 0.25) is 0 Å². The molecule has 0 radical (unpaired) electrons. The van der Waals surface area contributed by atoms with E-state index in [4.69, 9.17) is 9.73 Å². The van der Waals surface area contributed by atoms with Gasteiger partial charge in [0.15, 0.2) is 5.96 Å². The van der Waals surface area contributed by atoms with Crippen LogP contribution >= 0.6 is 24.0 Å². The molecule has 0 saturated carbocycles. The molecule has 1 aliphatic heterocycles. The summed E-state index contributed by atoms with van der Waals surface area (Å²) in [5.74, 6) is 0.899. The molecule has 0 amide bonds. The predicted octanol–water partition coefficient (Wildman–Crippen LogP) is 2.52. The van der Waals surface area contributed by atoms with E-state index in [2.05, 4.69) is 58.8 Å². The maximum absolute atomic E-state index is 5.39. The Hall–Kier alpha value is -1.32. The molecule has 0 atom stereocenters. The normalized spacial score (nSPS) is 15.6. The molecular formula is C20H32IN5O. The molecule has 27 heavy (non-hydrogen) atoms. The number of aromatic nitrogens is 1. The Morgan fingerprint density at radius 2 is 2.07 bits per heavy atom. The summed E-state index contributed by atoms with van der Waals surface area (Å²) in [6, 6.07) is 6.58. The third-order valence-corrected chi connectivity index (χ3v) is 4.74.